The minimum absolute atomic E-state index is 0.0698. The number of hydrogen-bond acceptors (Lipinski definition) is 5. The number of aliphatic hydroxyl groups is 1. The Labute approximate surface area is 242 Å². The predicted molar refractivity (Wildman–Crippen MR) is 156 cm³/mol. The largest absolute Gasteiger partial charge is 0.391 e. The summed E-state index contributed by atoms with van der Waals surface area (Å²) in [5, 5.41) is 17.5. The molecule has 2 unspecified atom stereocenters. The number of aliphatic hydroxyl groups excluding tert-OH is 1. The molecule has 2 rings (SSSR count). The van der Waals surface area contributed by atoms with Crippen molar-refractivity contribution in [1.29, 1.82) is 0 Å². The summed E-state index contributed by atoms with van der Waals surface area (Å²) in [6.45, 7) is 10.9. The molecule has 0 heterocycles. The van der Waals surface area contributed by atoms with E-state index in [9.17, 15) is 28.3 Å². The van der Waals surface area contributed by atoms with Crippen LogP contribution in [0.2, 0.25) is 0 Å². The summed E-state index contributed by atoms with van der Waals surface area (Å²) >= 11 is 0. The van der Waals surface area contributed by atoms with Gasteiger partial charge in [-0.2, -0.15) is 0 Å². The average molecular weight is 577 g/mol. The van der Waals surface area contributed by atoms with E-state index in [-0.39, 0.29) is 48.3 Å². The molecule has 228 valence electrons. The SMILES string of the molecule is CCCN(CCC)C(=O)C1([C@H](Cc2cc(F)cc(F)c2)[C@@H](O)CNC(C)C(=O)NCC(C)C)C=CC=C(C(N)=O)C1. The number of carbonyl (C=O) groups excluding carboxylic acids is 3. The molecular formula is C31H46F2N4O4. The molecule has 0 bridgehead atoms. The monoisotopic (exact) mass is 576 g/mol. The van der Waals surface area contributed by atoms with Crippen molar-refractivity contribution < 1.29 is 28.3 Å². The van der Waals surface area contributed by atoms with Crippen LogP contribution >= 0.6 is 0 Å². The molecule has 41 heavy (non-hydrogen) atoms. The lowest BCUT2D eigenvalue weighted by atomic mass is 9.63. The molecule has 0 radical (unpaired) electrons. The first-order chi connectivity index (χ1) is 19.3. The molecule has 1 aromatic carbocycles. The number of amides is 3. The van der Waals surface area contributed by atoms with E-state index in [1.807, 2.05) is 27.7 Å². The second-order valence-electron chi connectivity index (χ2n) is 11.3. The molecule has 0 aliphatic heterocycles. The molecule has 0 saturated carbocycles. The van der Waals surface area contributed by atoms with Crippen LogP contribution in [0.4, 0.5) is 8.78 Å². The fraction of sp³-hybridized carbons (Fsp3) is 0.581. The summed E-state index contributed by atoms with van der Waals surface area (Å²) in [5.74, 6) is -3.46. The number of benzene rings is 1. The van der Waals surface area contributed by atoms with E-state index in [0.717, 1.165) is 6.07 Å². The molecule has 0 aromatic heterocycles. The summed E-state index contributed by atoms with van der Waals surface area (Å²) < 4.78 is 28.5. The van der Waals surface area contributed by atoms with Crippen molar-refractivity contribution in [3.8, 4) is 0 Å². The minimum atomic E-state index is -1.43. The Balaban J connectivity index is 2.55. The van der Waals surface area contributed by atoms with E-state index in [1.54, 1.807) is 30.1 Å². The quantitative estimate of drug-likeness (QED) is 0.241. The smallest absolute Gasteiger partial charge is 0.244 e. The van der Waals surface area contributed by atoms with E-state index in [0.29, 0.717) is 32.5 Å². The van der Waals surface area contributed by atoms with E-state index in [1.165, 1.54) is 12.1 Å². The first-order valence-corrected chi connectivity index (χ1v) is 14.5. The summed E-state index contributed by atoms with van der Waals surface area (Å²) in [4.78, 5) is 40.9. The maximum absolute atomic E-state index is 14.4. The summed E-state index contributed by atoms with van der Waals surface area (Å²) in [6, 6.07) is 2.45. The van der Waals surface area contributed by atoms with Gasteiger partial charge in [-0.1, -0.05) is 45.9 Å². The zero-order valence-electron chi connectivity index (χ0n) is 24.9. The van der Waals surface area contributed by atoms with Gasteiger partial charge in [0.1, 0.15) is 11.6 Å². The van der Waals surface area contributed by atoms with Gasteiger partial charge in [0.15, 0.2) is 0 Å². The number of primary amides is 1. The van der Waals surface area contributed by atoms with Crippen LogP contribution in [0.5, 0.6) is 0 Å². The fourth-order valence-corrected chi connectivity index (χ4v) is 5.28. The highest BCUT2D eigenvalue weighted by Gasteiger charge is 2.50. The van der Waals surface area contributed by atoms with Crippen molar-refractivity contribution in [2.24, 2.45) is 23.0 Å². The molecule has 1 aromatic rings. The van der Waals surface area contributed by atoms with Crippen molar-refractivity contribution >= 4 is 17.7 Å². The van der Waals surface area contributed by atoms with Crippen molar-refractivity contribution in [1.82, 2.24) is 15.5 Å². The van der Waals surface area contributed by atoms with Crippen molar-refractivity contribution in [2.75, 3.05) is 26.2 Å². The second-order valence-corrected chi connectivity index (χ2v) is 11.3. The van der Waals surface area contributed by atoms with Gasteiger partial charge in [-0.15, -0.1) is 0 Å². The van der Waals surface area contributed by atoms with E-state index < -0.39 is 41.0 Å². The van der Waals surface area contributed by atoms with E-state index in [4.69, 9.17) is 5.73 Å². The van der Waals surface area contributed by atoms with Crippen LogP contribution in [0, 0.1) is 28.9 Å². The summed E-state index contributed by atoms with van der Waals surface area (Å²) in [6.07, 6.45) is 4.79. The van der Waals surface area contributed by atoms with Crippen LogP contribution in [0.3, 0.4) is 0 Å². The molecule has 0 spiro atoms. The standard InChI is InChI=1S/C31H46F2N4O4/c1-6-11-37(12-7-2)30(41)31(10-8-9-23(17-31)28(34)39)26(15-22-13-24(32)16-25(33)14-22)27(38)19-35-21(5)29(40)36-18-20(3)4/h8-10,13-14,16,20-21,26-27,35,38H,6-7,11-12,15,17-19H2,1-5H3,(H2,34,39)(H,36,40)/t21?,26-,27+,31?/m1/s1. The number of hydrogen-bond donors (Lipinski definition) is 4. The van der Waals surface area contributed by atoms with Gasteiger partial charge in [0.25, 0.3) is 0 Å². The van der Waals surface area contributed by atoms with Crippen LogP contribution in [0.15, 0.2) is 42.0 Å². The van der Waals surface area contributed by atoms with Crippen molar-refractivity contribution in [3.63, 3.8) is 0 Å². The fourth-order valence-electron chi connectivity index (χ4n) is 5.28. The number of rotatable bonds is 16. The Hall–Kier alpha value is -3.11. The Morgan fingerprint density at radius 1 is 1.05 bits per heavy atom. The summed E-state index contributed by atoms with van der Waals surface area (Å²) in [5.41, 5.74) is 4.68. The van der Waals surface area contributed by atoms with Crippen LogP contribution in [-0.2, 0) is 20.8 Å². The van der Waals surface area contributed by atoms with Crippen molar-refractivity contribution in [2.45, 2.75) is 72.4 Å². The van der Waals surface area contributed by atoms with Gasteiger partial charge in [0.05, 0.1) is 17.6 Å². The Morgan fingerprint density at radius 2 is 1.66 bits per heavy atom. The molecule has 4 atom stereocenters. The Bertz CT molecular complexity index is 1100. The normalized spacial score (nSPS) is 18.9. The molecule has 0 fully saturated rings. The number of nitrogens with zero attached hydrogens (tertiary/aromatic N) is 1. The third-order valence-corrected chi connectivity index (χ3v) is 7.38. The number of nitrogens with one attached hydrogen (secondary N) is 2. The topological polar surface area (TPSA) is 125 Å². The third-order valence-electron chi connectivity index (χ3n) is 7.38. The first kappa shape index (κ1) is 34.1. The van der Waals surface area contributed by atoms with Gasteiger partial charge in [-0.3, -0.25) is 14.4 Å². The molecule has 0 saturated heterocycles. The number of halogens is 2. The first-order valence-electron chi connectivity index (χ1n) is 14.5. The van der Waals surface area contributed by atoms with Crippen LogP contribution in [-0.4, -0.2) is 66.1 Å². The zero-order valence-corrected chi connectivity index (χ0v) is 24.9. The minimum Gasteiger partial charge on any atom is -0.391 e. The molecule has 1 aliphatic rings. The molecule has 1 aliphatic carbocycles. The Morgan fingerprint density at radius 3 is 2.20 bits per heavy atom. The third kappa shape index (κ3) is 9.46. The van der Waals surface area contributed by atoms with Gasteiger partial charge in [-0.25, -0.2) is 8.78 Å². The van der Waals surface area contributed by atoms with Crippen molar-refractivity contribution in [3.05, 3.63) is 59.2 Å². The second kappa shape index (κ2) is 15.8. The number of carbonyl (C=O) groups is 3. The van der Waals surface area contributed by atoms with Gasteiger partial charge in [0.2, 0.25) is 17.7 Å². The molecule has 3 amide bonds. The Kier molecular flexibility index (Phi) is 13.1. The van der Waals surface area contributed by atoms with Crippen LogP contribution in [0.25, 0.3) is 0 Å². The highest BCUT2D eigenvalue weighted by molar-refractivity contribution is 5.95. The van der Waals surface area contributed by atoms with Gasteiger partial charge in [0, 0.05) is 43.7 Å². The zero-order chi connectivity index (χ0) is 30.7. The van der Waals surface area contributed by atoms with Gasteiger partial charge >= 0.3 is 0 Å². The maximum Gasteiger partial charge on any atom is 0.244 e. The van der Waals surface area contributed by atoms with Gasteiger partial charge in [-0.05, 0) is 56.2 Å². The molecule has 8 nitrogen and oxygen atoms in total. The van der Waals surface area contributed by atoms with E-state index in [2.05, 4.69) is 10.6 Å². The molecule has 10 heteroatoms. The number of allylic oxidation sites excluding steroid dienone is 2. The van der Waals surface area contributed by atoms with Gasteiger partial charge < -0.3 is 26.4 Å². The number of nitrogens with two attached hydrogens (primary N) is 1. The highest BCUT2D eigenvalue weighted by Crippen LogP contribution is 2.44. The lowest BCUT2D eigenvalue weighted by Crippen LogP contribution is -2.55. The summed E-state index contributed by atoms with van der Waals surface area (Å²) in [7, 11) is 0. The average Bonchev–Trinajstić information content (AvgIpc) is 2.92. The van der Waals surface area contributed by atoms with Crippen LogP contribution < -0.4 is 16.4 Å². The molecular weight excluding hydrogens is 530 g/mol. The lowest BCUT2D eigenvalue weighted by molar-refractivity contribution is -0.145. The van der Waals surface area contributed by atoms with E-state index >= 15 is 0 Å². The highest BCUT2D eigenvalue weighted by atomic mass is 19.1. The van der Waals surface area contributed by atoms with Crippen LogP contribution in [0.1, 0.15) is 59.4 Å². The molecule has 5 N–H and O–H groups in total. The predicted octanol–water partition coefficient (Wildman–Crippen LogP) is 3.24. The maximum atomic E-state index is 14.4. The lowest BCUT2D eigenvalue weighted by Gasteiger charge is -2.44.